The van der Waals surface area contributed by atoms with Crippen LogP contribution in [0.4, 0.5) is 0 Å². The summed E-state index contributed by atoms with van der Waals surface area (Å²) in [5.41, 5.74) is 6.61. The van der Waals surface area contributed by atoms with Crippen LogP contribution in [0.1, 0.15) is 45.4 Å². The van der Waals surface area contributed by atoms with Gasteiger partial charge in [-0.3, -0.25) is 4.79 Å². The van der Waals surface area contributed by atoms with Gasteiger partial charge in [-0.1, -0.05) is 12.5 Å². The van der Waals surface area contributed by atoms with E-state index < -0.39 is 0 Å². The number of hydrogen-bond donors (Lipinski definition) is 1. The second-order valence-electron chi connectivity index (χ2n) is 3.93. The predicted octanol–water partition coefficient (Wildman–Crippen LogP) is 2.18. The Morgan fingerprint density at radius 2 is 2.31 bits per heavy atom. The van der Waals surface area contributed by atoms with E-state index in [1.165, 1.54) is 12.8 Å². The molecular formula is C11H19NO. The van der Waals surface area contributed by atoms with Gasteiger partial charge in [0.25, 0.3) is 0 Å². The highest BCUT2D eigenvalue weighted by molar-refractivity contribution is 5.95. The maximum Gasteiger partial charge on any atom is 0.160 e. The Kier molecular flexibility index (Phi) is 4.16. The summed E-state index contributed by atoms with van der Waals surface area (Å²) >= 11 is 0. The van der Waals surface area contributed by atoms with Crippen LogP contribution in [0.2, 0.25) is 0 Å². The summed E-state index contributed by atoms with van der Waals surface area (Å²) in [5, 5.41) is 0. The molecule has 1 unspecified atom stereocenters. The van der Waals surface area contributed by atoms with Crippen LogP contribution in [0.5, 0.6) is 0 Å². The van der Waals surface area contributed by atoms with Gasteiger partial charge in [0, 0.05) is 12.5 Å². The molecule has 1 aliphatic carbocycles. The first-order chi connectivity index (χ1) is 6.20. The Bertz CT molecular complexity index is 206. The Labute approximate surface area is 80.2 Å². The highest BCUT2D eigenvalue weighted by Crippen LogP contribution is 2.18. The van der Waals surface area contributed by atoms with Crippen molar-refractivity contribution in [2.45, 2.75) is 51.5 Å². The molecule has 0 spiro atoms. The highest BCUT2D eigenvalue weighted by atomic mass is 16.1. The molecule has 2 nitrogen and oxygen atoms in total. The maximum absolute atomic E-state index is 11.6. The molecule has 2 heteroatoms. The third kappa shape index (κ3) is 3.73. The van der Waals surface area contributed by atoms with Crippen molar-refractivity contribution >= 4 is 5.78 Å². The molecule has 0 aromatic rings. The fourth-order valence-electron chi connectivity index (χ4n) is 1.69. The van der Waals surface area contributed by atoms with Gasteiger partial charge in [0.2, 0.25) is 0 Å². The zero-order valence-corrected chi connectivity index (χ0v) is 8.38. The number of ketones is 1. The zero-order chi connectivity index (χ0) is 9.68. The summed E-state index contributed by atoms with van der Waals surface area (Å²) < 4.78 is 0. The van der Waals surface area contributed by atoms with Crippen molar-refractivity contribution in [3.8, 4) is 0 Å². The van der Waals surface area contributed by atoms with E-state index in [0.717, 1.165) is 24.8 Å². The van der Waals surface area contributed by atoms with Gasteiger partial charge in [0.05, 0.1) is 0 Å². The first-order valence-corrected chi connectivity index (χ1v) is 5.18. The second kappa shape index (κ2) is 5.18. The maximum atomic E-state index is 11.6. The van der Waals surface area contributed by atoms with Gasteiger partial charge in [-0.05, 0) is 38.2 Å². The largest absolute Gasteiger partial charge is 0.328 e. The van der Waals surface area contributed by atoms with Crippen molar-refractivity contribution in [3.63, 3.8) is 0 Å². The fraction of sp³-hybridized carbons (Fsp3) is 0.727. The summed E-state index contributed by atoms with van der Waals surface area (Å²) in [4.78, 5) is 11.6. The van der Waals surface area contributed by atoms with E-state index in [1.807, 2.05) is 6.92 Å². The van der Waals surface area contributed by atoms with Crippen molar-refractivity contribution < 1.29 is 4.79 Å². The Balaban J connectivity index is 2.48. The normalized spacial score (nSPS) is 20.3. The minimum atomic E-state index is -0.00310. The van der Waals surface area contributed by atoms with Crippen molar-refractivity contribution in [1.82, 2.24) is 0 Å². The number of rotatable bonds is 3. The van der Waals surface area contributed by atoms with Gasteiger partial charge in [-0.15, -0.1) is 0 Å². The third-order valence-electron chi connectivity index (χ3n) is 2.41. The number of Topliss-reactive ketones (excluding diaryl/α,β-unsaturated/α-hetero) is 1. The molecule has 0 aromatic carbocycles. The molecule has 1 rings (SSSR count). The molecule has 0 heterocycles. The molecule has 0 aliphatic heterocycles. The zero-order valence-electron chi connectivity index (χ0n) is 8.38. The molecule has 0 amide bonds. The molecule has 13 heavy (non-hydrogen) atoms. The SMILES string of the molecule is CC(N)CC(=O)C1=CCCCCC1. The van der Waals surface area contributed by atoms with Crippen molar-refractivity contribution in [2.24, 2.45) is 5.73 Å². The Morgan fingerprint density at radius 3 is 3.00 bits per heavy atom. The lowest BCUT2D eigenvalue weighted by atomic mass is 10.0. The molecule has 0 fully saturated rings. The van der Waals surface area contributed by atoms with E-state index in [0.29, 0.717) is 6.42 Å². The quantitative estimate of drug-likeness (QED) is 0.725. The highest BCUT2D eigenvalue weighted by Gasteiger charge is 2.12. The van der Waals surface area contributed by atoms with Crippen LogP contribution in [0.25, 0.3) is 0 Å². The molecule has 0 bridgehead atoms. The van der Waals surface area contributed by atoms with E-state index in [-0.39, 0.29) is 11.8 Å². The minimum absolute atomic E-state index is 0.00310. The average molecular weight is 181 g/mol. The molecular weight excluding hydrogens is 162 g/mol. The first-order valence-electron chi connectivity index (χ1n) is 5.18. The van der Waals surface area contributed by atoms with Crippen LogP contribution in [0, 0.1) is 0 Å². The first kappa shape index (κ1) is 10.5. The predicted molar refractivity (Wildman–Crippen MR) is 54.4 cm³/mol. The molecule has 2 N–H and O–H groups in total. The van der Waals surface area contributed by atoms with Crippen LogP contribution in [-0.4, -0.2) is 11.8 Å². The van der Waals surface area contributed by atoms with Gasteiger partial charge in [0.1, 0.15) is 0 Å². The van der Waals surface area contributed by atoms with Gasteiger partial charge in [-0.25, -0.2) is 0 Å². The van der Waals surface area contributed by atoms with E-state index in [9.17, 15) is 4.79 Å². The summed E-state index contributed by atoms with van der Waals surface area (Å²) in [6.45, 7) is 1.88. The number of allylic oxidation sites excluding steroid dienone is 2. The van der Waals surface area contributed by atoms with Crippen LogP contribution in [0.15, 0.2) is 11.6 Å². The van der Waals surface area contributed by atoms with Crippen molar-refractivity contribution in [3.05, 3.63) is 11.6 Å². The molecule has 1 aliphatic rings. The van der Waals surface area contributed by atoms with E-state index in [1.54, 1.807) is 0 Å². The van der Waals surface area contributed by atoms with Crippen LogP contribution >= 0.6 is 0 Å². The topological polar surface area (TPSA) is 43.1 Å². The van der Waals surface area contributed by atoms with E-state index in [4.69, 9.17) is 5.73 Å². The van der Waals surface area contributed by atoms with Gasteiger partial charge in [0.15, 0.2) is 5.78 Å². The number of carbonyl (C=O) groups excluding carboxylic acids is 1. The smallest absolute Gasteiger partial charge is 0.160 e. The van der Waals surface area contributed by atoms with Crippen molar-refractivity contribution in [2.75, 3.05) is 0 Å². The molecule has 74 valence electrons. The van der Waals surface area contributed by atoms with Gasteiger partial charge < -0.3 is 5.73 Å². The summed E-state index contributed by atoms with van der Waals surface area (Å²) in [6, 6.07) is -0.00310. The molecule has 0 saturated carbocycles. The molecule has 0 aromatic heterocycles. The molecule has 0 radical (unpaired) electrons. The number of nitrogens with two attached hydrogens (primary N) is 1. The van der Waals surface area contributed by atoms with Crippen molar-refractivity contribution in [1.29, 1.82) is 0 Å². The second-order valence-corrected chi connectivity index (χ2v) is 3.93. The monoisotopic (exact) mass is 181 g/mol. The van der Waals surface area contributed by atoms with Gasteiger partial charge >= 0.3 is 0 Å². The molecule has 1 atom stereocenters. The lowest BCUT2D eigenvalue weighted by molar-refractivity contribution is -0.115. The number of carbonyl (C=O) groups is 1. The Morgan fingerprint density at radius 1 is 1.54 bits per heavy atom. The van der Waals surface area contributed by atoms with Crippen LogP contribution in [0.3, 0.4) is 0 Å². The average Bonchev–Trinajstić information content (AvgIpc) is 2.29. The number of hydrogen-bond acceptors (Lipinski definition) is 2. The van der Waals surface area contributed by atoms with E-state index >= 15 is 0 Å². The summed E-state index contributed by atoms with van der Waals surface area (Å²) in [5.74, 6) is 0.261. The van der Waals surface area contributed by atoms with Gasteiger partial charge in [-0.2, -0.15) is 0 Å². The van der Waals surface area contributed by atoms with Crippen LogP contribution < -0.4 is 5.73 Å². The lowest BCUT2D eigenvalue weighted by Gasteiger charge is -2.06. The standard InChI is InChI=1S/C11H19NO/c1-9(12)8-11(13)10-6-4-2-3-5-7-10/h6,9H,2-5,7-8,12H2,1H3. The van der Waals surface area contributed by atoms with Crippen LogP contribution in [-0.2, 0) is 4.79 Å². The molecule has 0 saturated heterocycles. The summed E-state index contributed by atoms with van der Waals surface area (Å²) in [7, 11) is 0. The third-order valence-corrected chi connectivity index (χ3v) is 2.41. The minimum Gasteiger partial charge on any atom is -0.328 e. The van der Waals surface area contributed by atoms with E-state index in [2.05, 4.69) is 6.08 Å². The fourth-order valence-corrected chi connectivity index (χ4v) is 1.69. The Hall–Kier alpha value is -0.630. The summed E-state index contributed by atoms with van der Waals surface area (Å²) in [6.07, 6.45) is 8.30. The lowest BCUT2D eigenvalue weighted by Crippen LogP contribution is -2.20.